The highest BCUT2D eigenvalue weighted by Crippen LogP contribution is 2.43. The van der Waals surface area contributed by atoms with E-state index in [9.17, 15) is 10.2 Å². The third-order valence-electron chi connectivity index (χ3n) is 4.94. The van der Waals surface area contributed by atoms with Crippen LogP contribution < -0.4 is 0 Å². The fourth-order valence-electron chi connectivity index (χ4n) is 3.12. The fraction of sp³-hybridized carbons (Fsp3) is 0.500. The van der Waals surface area contributed by atoms with Gasteiger partial charge < -0.3 is 10.2 Å². The molecule has 30 heavy (non-hydrogen) atoms. The van der Waals surface area contributed by atoms with E-state index in [-0.39, 0.29) is 28.4 Å². The third-order valence-corrected chi connectivity index (χ3v) is 6.52. The van der Waals surface area contributed by atoms with Crippen LogP contribution in [0.5, 0.6) is 11.5 Å². The van der Waals surface area contributed by atoms with Crippen LogP contribution in [0.4, 0.5) is 0 Å². The number of hydrogen-bond donors (Lipinski definition) is 2. The summed E-state index contributed by atoms with van der Waals surface area (Å²) in [5.74, 6) is 1.22. The van der Waals surface area contributed by atoms with Crippen LogP contribution in [0, 0.1) is 0 Å². The van der Waals surface area contributed by atoms with E-state index in [1.807, 2.05) is 33.8 Å². The molecule has 2 nitrogen and oxygen atoms in total. The van der Waals surface area contributed by atoms with Gasteiger partial charge in [-0.15, -0.1) is 0 Å². The molecule has 0 saturated heterocycles. The lowest BCUT2D eigenvalue weighted by Gasteiger charge is -2.17. The van der Waals surface area contributed by atoms with Gasteiger partial charge in [0.1, 0.15) is 16.5 Å². The molecule has 2 aromatic rings. The van der Waals surface area contributed by atoms with Gasteiger partial charge >= 0.3 is 0 Å². The average Bonchev–Trinajstić information content (AvgIpc) is 2.62. The summed E-state index contributed by atoms with van der Waals surface area (Å²) in [5, 5.41) is 21.4. The Kier molecular flexibility index (Phi) is 10.1. The Bertz CT molecular complexity index is 847. The van der Waals surface area contributed by atoms with Crippen LogP contribution in [-0.4, -0.2) is 10.2 Å². The van der Waals surface area contributed by atoms with Crippen LogP contribution in [0.2, 0.25) is 20.1 Å². The highest BCUT2D eigenvalue weighted by atomic mass is 35.5. The minimum Gasteiger partial charge on any atom is -0.506 e. The highest BCUT2D eigenvalue weighted by Gasteiger charge is 2.20. The van der Waals surface area contributed by atoms with Crippen LogP contribution in [0.15, 0.2) is 12.1 Å². The minimum atomic E-state index is 0.112. The molecule has 0 aliphatic rings. The summed E-state index contributed by atoms with van der Waals surface area (Å²) in [7, 11) is 0. The molecule has 2 aromatic carbocycles. The number of benzene rings is 2. The van der Waals surface area contributed by atoms with E-state index >= 15 is 0 Å². The molecular weight excluding hydrogens is 462 g/mol. The van der Waals surface area contributed by atoms with E-state index < -0.39 is 0 Å². The van der Waals surface area contributed by atoms with Crippen molar-refractivity contribution in [2.45, 2.75) is 79.1 Å². The Morgan fingerprint density at radius 1 is 0.533 bits per heavy atom. The first kappa shape index (κ1) is 27.2. The summed E-state index contributed by atoms with van der Waals surface area (Å²) in [4.78, 5) is 0. The predicted molar refractivity (Wildman–Crippen MR) is 133 cm³/mol. The Hall–Kier alpha value is -0.800. The molecule has 0 aliphatic carbocycles. The van der Waals surface area contributed by atoms with Gasteiger partial charge in [-0.25, -0.2) is 0 Å². The number of rotatable bonds is 4. The molecule has 0 atom stereocenters. The lowest BCUT2D eigenvalue weighted by molar-refractivity contribution is 0.464. The van der Waals surface area contributed by atoms with Crippen molar-refractivity contribution < 1.29 is 10.2 Å². The van der Waals surface area contributed by atoms with E-state index in [1.54, 1.807) is 6.07 Å². The van der Waals surface area contributed by atoms with E-state index in [0.717, 1.165) is 22.3 Å². The molecule has 0 heterocycles. The zero-order valence-electron chi connectivity index (χ0n) is 18.9. The van der Waals surface area contributed by atoms with Crippen LogP contribution in [0.3, 0.4) is 0 Å². The zero-order chi connectivity index (χ0) is 23.5. The van der Waals surface area contributed by atoms with Gasteiger partial charge in [-0.1, -0.05) is 108 Å². The SMILES string of the molecule is CC(C)c1cc(C(C)C)c(Cl)c(Cl)c1O.CC(C)c1cc(Cl)c(O)c(C(C)C)c1Cl. The first-order chi connectivity index (χ1) is 13.7. The van der Waals surface area contributed by atoms with Crippen molar-refractivity contribution in [2.24, 2.45) is 0 Å². The van der Waals surface area contributed by atoms with Crippen molar-refractivity contribution in [1.82, 2.24) is 0 Å². The van der Waals surface area contributed by atoms with Crippen LogP contribution >= 0.6 is 46.4 Å². The maximum Gasteiger partial charge on any atom is 0.139 e. The molecule has 0 bridgehead atoms. The summed E-state index contributed by atoms with van der Waals surface area (Å²) < 4.78 is 0. The maximum absolute atomic E-state index is 9.84. The number of halogens is 4. The summed E-state index contributed by atoms with van der Waals surface area (Å²) in [6.45, 7) is 16.2. The fourth-order valence-corrected chi connectivity index (χ4v) is 4.50. The number of phenols is 2. The van der Waals surface area contributed by atoms with Crippen molar-refractivity contribution in [1.29, 1.82) is 0 Å². The standard InChI is InChI=1S/2C12H16Cl2O/c1-6(2)8-5-9(13)12(15)10(7(3)4)11(8)14;1-6(2)8-5-9(7(3)4)12(15)11(14)10(8)13/h2*5-7,15H,1-4H3. The smallest absolute Gasteiger partial charge is 0.139 e. The normalized spacial score (nSPS) is 11.5. The molecule has 0 aliphatic heterocycles. The van der Waals surface area contributed by atoms with Crippen molar-refractivity contribution in [3.8, 4) is 11.5 Å². The van der Waals surface area contributed by atoms with Gasteiger partial charge in [0.25, 0.3) is 0 Å². The van der Waals surface area contributed by atoms with Gasteiger partial charge in [0.2, 0.25) is 0 Å². The summed E-state index contributed by atoms with van der Waals surface area (Å²) in [5.41, 5.74) is 3.58. The summed E-state index contributed by atoms with van der Waals surface area (Å²) in [6, 6.07) is 3.69. The lowest BCUT2D eigenvalue weighted by Crippen LogP contribution is -1.97. The Balaban J connectivity index is 0.000000300. The molecule has 168 valence electrons. The number of phenolic OH excluding ortho intramolecular Hbond substituents is 2. The second kappa shape index (κ2) is 11.2. The number of aromatic hydroxyl groups is 2. The average molecular weight is 494 g/mol. The van der Waals surface area contributed by atoms with Crippen LogP contribution in [-0.2, 0) is 0 Å². The number of hydrogen-bond acceptors (Lipinski definition) is 2. The molecule has 2 N–H and O–H groups in total. The summed E-state index contributed by atoms with van der Waals surface area (Å²) in [6.07, 6.45) is 0. The Labute approximate surface area is 201 Å². The third kappa shape index (κ3) is 6.13. The Morgan fingerprint density at radius 3 is 1.37 bits per heavy atom. The van der Waals surface area contributed by atoms with E-state index in [2.05, 4.69) is 27.7 Å². The first-order valence-electron chi connectivity index (χ1n) is 10.1. The van der Waals surface area contributed by atoms with Crippen LogP contribution in [0.25, 0.3) is 0 Å². The minimum absolute atomic E-state index is 0.112. The zero-order valence-corrected chi connectivity index (χ0v) is 21.9. The Morgan fingerprint density at radius 2 is 0.967 bits per heavy atom. The molecule has 6 heteroatoms. The van der Waals surface area contributed by atoms with Gasteiger partial charge in [0.15, 0.2) is 0 Å². The second-order valence-corrected chi connectivity index (χ2v) is 10.2. The molecule has 0 aromatic heterocycles. The first-order valence-corrected chi connectivity index (χ1v) is 11.6. The van der Waals surface area contributed by atoms with E-state index in [1.165, 1.54) is 0 Å². The predicted octanol–water partition coefficient (Wildman–Crippen LogP) is 9.89. The topological polar surface area (TPSA) is 40.5 Å². The molecule has 0 fully saturated rings. The monoisotopic (exact) mass is 492 g/mol. The quantitative estimate of drug-likeness (QED) is 0.444. The van der Waals surface area contributed by atoms with Gasteiger partial charge in [-0.3, -0.25) is 0 Å². The lowest BCUT2D eigenvalue weighted by atomic mass is 9.94. The van der Waals surface area contributed by atoms with Crippen molar-refractivity contribution >= 4 is 46.4 Å². The molecule has 0 unspecified atom stereocenters. The molecule has 0 spiro atoms. The van der Waals surface area contributed by atoms with Gasteiger partial charge in [0.05, 0.1) is 15.1 Å². The molecule has 0 saturated carbocycles. The molecule has 0 amide bonds. The highest BCUT2D eigenvalue weighted by molar-refractivity contribution is 6.43. The van der Waals surface area contributed by atoms with E-state index in [0.29, 0.717) is 26.9 Å². The van der Waals surface area contributed by atoms with Gasteiger partial charge in [-0.05, 0) is 46.4 Å². The van der Waals surface area contributed by atoms with E-state index in [4.69, 9.17) is 46.4 Å². The van der Waals surface area contributed by atoms with Gasteiger partial charge in [-0.2, -0.15) is 0 Å². The maximum atomic E-state index is 9.84. The molecule has 2 rings (SSSR count). The second-order valence-electron chi connectivity index (χ2n) is 8.67. The van der Waals surface area contributed by atoms with Crippen molar-refractivity contribution in [2.75, 3.05) is 0 Å². The largest absolute Gasteiger partial charge is 0.506 e. The molecular formula is C24H32Cl4O2. The van der Waals surface area contributed by atoms with Crippen molar-refractivity contribution in [3.63, 3.8) is 0 Å². The van der Waals surface area contributed by atoms with Crippen LogP contribution in [0.1, 0.15) is 101 Å². The van der Waals surface area contributed by atoms with Crippen molar-refractivity contribution in [3.05, 3.63) is 54.5 Å². The molecule has 0 radical (unpaired) electrons. The van der Waals surface area contributed by atoms with Gasteiger partial charge in [0, 0.05) is 5.56 Å². The summed E-state index contributed by atoms with van der Waals surface area (Å²) >= 11 is 24.3.